The van der Waals surface area contributed by atoms with Crippen LogP contribution in [0.5, 0.6) is 17.2 Å². The first-order valence-corrected chi connectivity index (χ1v) is 18.5. The van der Waals surface area contributed by atoms with E-state index in [0.29, 0.717) is 47.3 Å². The monoisotopic (exact) mass is 742 g/mol. The number of unbranched alkanes of at least 4 members (excludes halogenated alkanes) is 4. The zero-order valence-electron chi connectivity index (χ0n) is 30.9. The number of anilines is 1. The lowest BCUT2D eigenvalue weighted by Gasteiger charge is -2.15. The molecule has 0 bridgehead atoms. The molecule has 0 aromatic heterocycles. The molecule has 2 amide bonds. The number of amides is 2. The van der Waals surface area contributed by atoms with E-state index in [-0.39, 0.29) is 24.3 Å². The maximum atomic E-state index is 13.0. The molecule has 0 heterocycles. The van der Waals surface area contributed by atoms with E-state index in [1.165, 1.54) is 31.4 Å². The Morgan fingerprint density at radius 2 is 1.31 bits per heavy atom. The fourth-order valence-electron chi connectivity index (χ4n) is 5.73. The number of hydrogen-bond acceptors (Lipinski definition) is 7. The van der Waals surface area contributed by atoms with E-state index in [2.05, 4.69) is 17.6 Å². The van der Waals surface area contributed by atoms with Crippen LogP contribution in [-0.4, -0.2) is 41.5 Å². The molecule has 10 heteroatoms. The molecule has 55 heavy (non-hydrogen) atoms. The normalized spacial score (nSPS) is 11.2. The first-order chi connectivity index (χ1) is 26.8. The topological polar surface area (TPSA) is 140 Å². The Morgan fingerprint density at radius 3 is 2.02 bits per heavy atom. The van der Waals surface area contributed by atoms with Gasteiger partial charge in [-0.1, -0.05) is 93.3 Å². The SMILES string of the molecule is CCCCCCCOc1ccc(C(=O)Oc2ccc(C[C@H](NC(=O)c3ccc(NC(=O)Cc4ccccc4OCc4ccccc4)cc3)C(=O)O)cc2)cc1. The Kier molecular flexibility index (Phi) is 15.0. The number of esters is 1. The van der Waals surface area contributed by atoms with E-state index in [1.54, 1.807) is 60.7 Å². The number of hydrogen-bond donors (Lipinski definition) is 3. The lowest BCUT2D eigenvalue weighted by molar-refractivity contribution is -0.139. The second-order valence-electron chi connectivity index (χ2n) is 13.1. The third-order valence-corrected chi connectivity index (χ3v) is 8.78. The molecule has 0 saturated carbocycles. The van der Waals surface area contributed by atoms with Gasteiger partial charge in [0.2, 0.25) is 5.91 Å². The number of carboxylic acid groups (broad SMARTS) is 1. The summed E-state index contributed by atoms with van der Waals surface area (Å²) in [6.07, 6.45) is 5.83. The molecular weight excluding hydrogens is 697 g/mol. The molecule has 10 nitrogen and oxygen atoms in total. The van der Waals surface area contributed by atoms with Crippen molar-refractivity contribution in [2.75, 3.05) is 11.9 Å². The number of ether oxygens (including phenoxy) is 3. The summed E-state index contributed by atoms with van der Waals surface area (Å²) >= 11 is 0. The van der Waals surface area contributed by atoms with Crippen LogP contribution in [0, 0.1) is 0 Å². The summed E-state index contributed by atoms with van der Waals surface area (Å²) in [6.45, 7) is 3.19. The minimum absolute atomic E-state index is 0.0000434. The Bertz CT molecular complexity index is 2000. The summed E-state index contributed by atoms with van der Waals surface area (Å²) < 4.78 is 17.2. The zero-order valence-corrected chi connectivity index (χ0v) is 30.9. The van der Waals surface area contributed by atoms with Gasteiger partial charge in [-0.05, 0) is 84.3 Å². The number of para-hydroxylation sites is 1. The summed E-state index contributed by atoms with van der Waals surface area (Å²) in [7, 11) is 0. The van der Waals surface area contributed by atoms with Gasteiger partial charge in [-0.15, -0.1) is 0 Å². The Balaban J connectivity index is 1.08. The highest BCUT2D eigenvalue weighted by Gasteiger charge is 2.22. The molecule has 3 N–H and O–H groups in total. The van der Waals surface area contributed by atoms with Gasteiger partial charge in [0.1, 0.15) is 29.9 Å². The molecule has 5 aromatic carbocycles. The van der Waals surface area contributed by atoms with Crippen molar-refractivity contribution >= 4 is 29.4 Å². The average molecular weight is 743 g/mol. The standard InChI is InChI=1S/C45H46N2O8/c1-2-3-4-5-11-28-53-38-26-20-35(21-27-38)45(52)55-39-24-16-32(17-25-39)29-40(44(50)51)47-43(49)34-18-22-37(23-19-34)46-42(48)30-36-14-9-10-15-41(36)54-31-33-12-7-6-8-13-33/h6-10,12-27,40H,2-5,11,28-31H2,1H3,(H,46,48)(H,47,49)(H,50,51)/t40-/m0/s1. The summed E-state index contributed by atoms with van der Waals surface area (Å²) in [5.74, 6) is -0.973. The van der Waals surface area contributed by atoms with Crippen LogP contribution in [0.3, 0.4) is 0 Å². The van der Waals surface area contributed by atoms with E-state index in [4.69, 9.17) is 14.2 Å². The minimum Gasteiger partial charge on any atom is -0.494 e. The van der Waals surface area contributed by atoms with Crippen LogP contribution in [0.1, 0.15) is 76.4 Å². The molecule has 0 aliphatic carbocycles. The largest absolute Gasteiger partial charge is 0.494 e. The fourth-order valence-corrected chi connectivity index (χ4v) is 5.73. The number of aliphatic carboxylic acids is 1. The van der Waals surface area contributed by atoms with Crippen LogP contribution in [0.15, 0.2) is 127 Å². The highest BCUT2D eigenvalue weighted by molar-refractivity contribution is 5.98. The van der Waals surface area contributed by atoms with Crippen molar-refractivity contribution in [3.8, 4) is 17.2 Å². The fraction of sp³-hybridized carbons (Fsp3) is 0.244. The van der Waals surface area contributed by atoms with E-state index in [1.807, 2.05) is 54.6 Å². The van der Waals surface area contributed by atoms with E-state index < -0.39 is 23.9 Å². The van der Waals surface area contributed by atoms with Crippen molar-refractivity contribution in [2.45, 2.75) is 64.5 Å². The van der Waals surface area contributed by atoms with Gasteiger partial charge in [-0.2, -0.15) is 0 Å². The molecule has 0 aliphatic rings. The highest BCUT2D eigenvalue weighted by atomic mass is 16.5. The van der Waals surface area contributed by atoms with Crippen molar-refractivity contribution in [3.05, 3.63) is 155 Å². The van der Waals surface area contributed by atoms with Gasteiger partial charge in [0.05, 0.1) is 18.6 Å². The first-order valence-electron chi connectivity index (χ1n) is 18.5. The molecule has 5 rings (SSSR count). The quantitative estimate of drug-likeness (QED) is 0.0410. The number of rotatable bonds is 20. The van der Waals surface area contributed by atoms with Gasteiger partial charge >= 0.3 is 11.9 Å². The number of nitrogens with one attached hydrogen (secondary N) is 2. The Labute approximate surface area is 321 Å². The van der Waals surface area contributed by atoms with Crippen LogP contribution in [0.4, 0.5) is 5.69 Å². The molecule has 0 spiro atoms. The number of carboxylic acids is 1. The zero-order chi connectivity index (χ0) is 38.8. The molecule has 0 aliphatic heterocycles. The van der Waals surface area contributed by atoms with Crippen LogP contribution in [0.25, 0.3) is 0 Å². The smallest absolute Gasteiger partial charge is 0.343 e. The number of benzene rings is 5. The molecule has 0 saturated heterocycles. The maximum absolute atomic E-state index is 13.0. The third-order valence-electron chi connectivity index (χ3n) is 8.78. The third kappa shape index (κ3) is 12.9. The van der Waals surface area contributed by atoms with Crippen molar-refractivity contribution in [2.24, 2.45) is 0 Å². The summed E-state index contributed by atoms with van der Waals surface area (Å²) in [5.41, 5.74) is 3.45. The van der Waals surface area contributed by atoms with Crippen molar-refractivity contribution in [1.29, 1.82) is 0 Å². The van der Waals surface area contributed by atoms with Gasteiger partial charge in [-0.25, -0.2) is 9.59 Å². The predicted molar refractivity (Wildman–Crippen MR) is 211 cm³/mol. The molecule has 0 fully saturated rings. The second kappa shape index (κ2) is 20.7. The molecule has 5 aromatic rings. The average Bonchev–Trinajstić information content (AvgIpc) is 3.20. The first kappa shape index (κ1) is 39.8. The van der Waals surface area contributed by atoms with Crippen molar-refractivity contribution in [3.63, 3.8) is 0 Å². The van der Waals surface area contributed by atoms with Crippen molar-refractivity contribution in [1.82, 2.24) is 5.32 Å². The van der Waals surface area contributed by atoms with Crippen LogP contribution < -0.4 is 24.8 Å². The van der Waals surface area contributed by atoms with Gasteiger partial charge in [-0.3, -0.25) is 9.59 Å². The van der Waals surface area contributed by atoms with Crippen LogP contribution in [0.2, 0.25) is 0 Å². The van der Waals surface area contributed by atoms with Gasteiger partial charge in [0, 0.05) is 23.2 Å². The molecule has 0 radical (unpaired) electrons. The predicted octanol–water partition coefficient (Wildman–Crippen LogP) is 8.44. The van der Waals surface area contributed by atoms with Crippen LogP contribution in [-0.2, 0) is 29.0 Å². The van der Waals surface area contributed by atoms with E-state index in [9.17, 15) is 24.3 Å². The summed E-state index contributed by atoms with van der Waals surface area (Å²) in [5, 5.41) is 15.3. The Morgan fingerprint density at radius 1 is 0.655 bits per heavy atom. The maximum Gasteiger partial charge on any atom is 0.343 e. The number of carbonyl (C=O) groups excluding carboxylic acids is 3. The van der Waals surface area contributed by atoms with Gasteiger partial charge < -0.3 is 30.0 Å². The van der Waals surface area contributed by atoms with E-state index >= 15 is 0 Å². The molecule has 0 unspecified atom stereocenters. The van der Waals surface area contributed by atoms with Gasteiger partial charge in [0.25, 0.3) is 5.91 Å². The second-order valence-corrected chi connectivity index (χ2v) is 13.1. The lowest BCUT2D eigenvalue weighted by atomic mass is 10.0. The molecule has 284 valence electrons. The van der Waals surface area contributed by atoms with Gasteiger partial charge in [0.15, 0.2) is 0 Å². The number of carbonyl (C=O) groups is 4. The highest BCUT2D eigenvalue weighted by Crippen LogP contribution is 2.22. The minimum atomic E-state index is -1.22. The lowest BCUT2D eigenvalue weighted by Crippen LogP contribution is -2.42. The Hall–Kier alpha value is -6.42. The molecule has 1 atom stereocenters. The summed E-state index contributed by atoms with van der Waals surface area (Å²) in [4.78, 5) is 50.7. The van der Waals surface area contributed by atoms with Crippen molar-refractivity contribution < 1.29 is 38.5 Å². The summed E-state index contributed by atoms with van der Waals surface area (Å²) in [6, 6.07) is 35.3. The van der Waals surface area contributed by atoms with Crippen LogP contribution >= 0.6 is 0 Å². The molecular formula is C45H46N2O8. The van der Waals surface area contributed by atoms with E-state index in [0.717, 1.165) is 24.0 Å².